The third kappa shape index (κ3) is 2.90. The summed E-state index contributed by atoms with van der Waals surface area (Å²) in [4.78, 5) is 12.1. The summed E-state index contributed by atoms with van der Waals surface area (Å²) < 4.78 is 1.64. The van der Waals surface area contributed by atoms with Gasteiger partial charge in [0.05, 0.1) is 5.69 Å². The van der Waals surface area contributed by atoms with Gasteiger partial charge < -0.3 is 10.6 Å². The van der Waals surface area contributed by atoms with Gasteiger partial charge in [0.15, 0.2) is 0 Å². The summed E-state index contributed by atoms with van der Waals surface area (Å²) in [5.41, 5.74) is 1.50. The second-order valence-electron chi connectivity index (χ2n) is 5.16. The Labute approximate surface area is 108 Å². The van der Waals surface area contributed by atoms with Crippen molar-refractivity contribution in [2.75, 3.05) is 13.1 Å². The lowest BCUT2D eigenvalue weighted by Gasteiger charge is -2.28. The van der Waals surface area contributed by atoms with Crippen LogP contribution in [0.15, 0.2) is 6.07 Å². The van der Waals surface area contributed by atoms with Crippen molar-refractivity contribution in [3.63, 3.8) is 0 Å². The van der Waals surface area contributed by atoms with Crippen LogP contribution in [-0.4, -0.2) is 34.8 Å². The number of rotatable bonds is 3. The molecule has 100 valence electrons. The summed E-state index contributed by atoms with van der Waals surface area (Å²) in [7, 11) is 1.80. The van der Waals surface area contributed by atoms with Crippen molar-refractivity contribution in [1.29, 1.82) is 0 Å². The van der Waals surface area contributed by atoms with Gasteiger partial charge in [-0.25, -0.2) is 0 Å². The molecule has 18 heavy (non-hydrogen) atoms. The summed E-state index contributed by atoms with van der Waals surface area (Å²) in [6.07, 6.45) is 2.37. The number of aryl methyl sites for hydroxylation is 2. The molecule has 5 nitrogen and oxygen atoms in total. The van der Waals surface area contributed by atoms with Crippen molar-refractivity contribution >= 4 is 5.91 Å². The number of carbonyl (C=O) groups excluding carboxylic acids is 1. The molecular weight excluding hydrogens is 228 g/mol. The van der Waals surface area contributed by atoms with E-state index in [1.54, 1.807) is 11.7 Å². The Hall–Kier alpha value is -1.36. The average Bonchev–Trinajstić information content (AvgIpc) is 2.69. The maximum atomic E-state index is 12.1. The molecule has 2 atom stereocenters. The highest BCUT2D eigenvalue weighted by molar-refractivity contribution is 5.92. The van der Waals surface area contributed by atoms with E-state index >= 15 is 0 Å². The molecule has 1 aliphatic rings. The highest BCUT2D eigenvalue weighted by atomic mass is 16.2. The van der Waals surface area contributed by atoms with E-state index in [1.807, 2.05) is 13.0 Å². The molecule has 1 aliphatic heterocycles. The molecule has 0 aromatic carbocycles. The molecule has 2 heterocycles. The van der Waals surface area contributed by atoms with E-state index in [4.69, 9.17) is 0 Å². The summed E-state index contributed by atoms with van der Waals surface area (Å²) in [6, 6.07) is 2.02. The van der Waals surface area contributed by atoms with Gasteiger partial charge in [-0.15, -0.1) is 0 Å². The van der Waals surface area contributed by atoms with Crippen LogP contribution in [0.5, 0.6) is 0 Å². The van der Waals surface area contributed by atoms with Crippen LogP contribution in [0.3, 0.4) is 0 Å². The second-order valence-corrected chi connectivity index (χ2v) is 5.16. The molecule has 0 aliphatic carbocycles. The smallest absolute Gasteiger partial charge is 0.269 e. The van der Waals surface area contributed by atoms with E-state index in [0.717, 1.165) is 18.8 Å². The molecule has 0 radical (unpaired) electrons. The van der Waals surface area contributed by atoms with E-state index in [2.05, 4.69) is 22.7 Å². The highest BCUT2D eigenvalue weighted by Crippen LogP contribution is 2.14. The van der Waals surface area contributed by atoms with E-state index in [9.17, 15) is 4.79 Å². The predicted octanol–water partition coefficient (Wildman–Crippen LogP) is 0.846. The Morgan fingerprint density at radius 1 is 1.67 bits per heavy atom. The number of hydrogen-bond acceptors (Lipinski definition) is 3. The summed E-state index contributed by atoms with van der Waals surface area (Å²) in [6.45, 7) is 6.06. The van der Waals surface area contributed by atoms with E-state index < -0.39 is 0 Å². The van der Waals surface area contributed by atoms with Gasteiger partial charge in [0.1, 0.15) is 5.69 Å². The van der Waals surface area contributed by atoms with Crippen LogP contribution >= 0.6 is 0 Å². The van der Waals surface area contributed by atoms with E-state index in [0.29, 0.717) is 11.6 Å². The van der Waals surface area contributed by atoms with Crippen LogP contribution in [0.4, 0.5) is 0 Å². The number of hydrogen-bond donors (Lipinski definition) is 2. The van der Waals surface area contributed by atoms with Gasteiger partial charge in [-0.2, -0.15) is 5.10 Å². The van der Waals surface area contributed by atoms with Crippen molar-refractivity contribution in [2.45, 2.75) is 32.7 Å². The fraction of sp³-hybridized carbons (Fsp3) is 0.692. The lowest BCUT2D eigenvalue weighted by atomic mass is 9.93. The van der Waals surface area contributed by atoms with Crippen LogP contribution in [0.25, 0.3) is 0 Å². The van der Waals surface area contributed by atoms with Crippen molar-refractivity contribution in [3.05, 3.63) is 17.5 Å². The number of piperidine rings is 1. The van der Waals surface area contributed by atoms with Crippen molar-refractivity contribution < 1.29 is 4.79 Å². The third-order valence-electron chi connectivity index (χ3n) is 3.64. The fourth-order valence-electron chi connectivity index (χ4n) is 2.53. The van der Waals surface area contributed by atoms with Gasteiger partial charge >= 0.3 is 0 Å². The fourth-order valence-corrected chi connectivity index (χ4v) is 2.53. The van der Waals surface area contributed by atoms with Crippen LogP contribution in [0.2, 0.25) is 0 Å². The molecule has 1 fully saturated rings. The molecule has 1 aromatic rings. The number of nitrogens with one attached hydrogen (secondary N) is 2. The molecule has 1 aromatic heterocycles. The average molecular weight is 250 g/mol. The molecule has 1 saturated heterocycles. The predicted molar refractivity (Wildman–Crippen MR) is 70.5 cm³/mol. The standard InChI is InChI=1S/C13H22N4O/c1-9-7-12(17(3)16-9)13(18)15-10(2)11-5-4-6-14-8-11/h7,10-11,14H,4-6,8H2,1-3H3,(H,15,18). The minimum atomic E-state index is -0.0313. The molecular formula is C13H22N4O. The van der Waals surface area contributed by atoms with Gasteiger partial charge in [0.25, 0.3) is 5.91 Å². The zero-order valence-corrected chi connectivity index (χ0v) is 11.4. The third-order valence-corrected chi connectivity index (χ3v) is 3.64. The van der Waals surface area contributed by atoms with E-state index in [-0.39, 0.29) is 11.9 Å². The highest BCUT2D eigenvalue weighted by Gasteiger charge is 2.22. The second kappa shape index (κ2) is 5.52. The Bertz CT molecular complexity index is 421. The maximum absolute atomic E-state index is 12.1. The molecule has 0 bridgehead atoms. The van der Waals surface area contributed by atoms with Crippen LogP contribution in [0.1, 0.15) is 35.9 Å². The van der Waals surface area contributed by atoms with Crippen molar-refractivity contribution in [2.24, 2.45) is 13.0 Å². The first-order valence-electron chi connectivity index (χ1n) is 6.60. The molecule has 5 heteroatoms. The van der Waals surface area contributed by atoms with Crippen LogP contribution in [-0.2, 0) is 7.05 Å². The first-order chi connectivity index (χ1) is 8.58. The van der Waals surface area contributed by atoms with Crippen molar-refractivity contribution in [3.8, 4) is 0 Å². The van der Waals surface area contributed by atoms with Gasteiger partial charge in [-0.05, 0) is 51.8 Å². The first kappa shape index (κ1) is 13.1. The van der Waals surface area contributed by atoms with Gasteiger partial charge in [-0.3, -0.25) is 9.48 Å². The van der Waals surface area contributed by atoms with Gasteiger partial charge in [0.2, 0.25) is 0 Å². The molecule has 1 amide bonds. The molecule has 2 unspecified atom stereocenters. The Morgan fingerprint density at radius 3 is 3.00 bits per heavy atom. The molecule has 2 rings (SSSR count). The zero-order valence-electron chi connectivity index (χ0n) is 11.4. The lowest BCUT2D eigenvalue weighted by molar-refractivity contribution is 0.0912. The Balaban J connectivity index is 1.96. The summed E-state index contributed by atoms with van der Waals surface area (Å²) >= 11 is 0. The summed E-state index contributed by atoms with van der Waals surface area (Å²) in [5.74, 6) is 0.494. The topological polar surface area (TPSA) is 59.0 Å². The number of nitrogens with zero attached hydrogens (tertiary/aromatic N) is 2. The monoisotopic (exact) mass is 250 g/mol. The number of aromatic nitrogens is 2. The number of carbonyl (C=O) groups is 1. The van der Waals surface area contributed by atoms with Gasteiger partial charge in [-0.1, -0.05) is 0 Å². The minimum Gasteiger partial charge on any atom is -0.348 e. The molecule has 2 N–H and O–H groups in total. The minimum absolute atomic E-state index is 0.0313. The Morgan fingerprint density at radius 2 is 2.44 bits per heavy atom. The summed E-state index contributed by atoms with van der Waals surface area (Å²) in [5, 5.41) is 10.7. The maximum Gasteiger partial charge on any atom is 0.269 e. The quantitative estimate of drug-likeness (QED) is 0.836. The van der Waals surface area contributed by atoms with Gasteiger partial charge in [0, 0.05) is 13.1 Å². The van der Waals surface area contributed by atoms with E-state index in [1.165, 1.54) is 12.8 Å². The lowest BCUT2D eigenvalue weighted by Crippen LogP contribution is -2.44. The van der Waals surface area contributed by atoms with Crippen molar-refractivity contribution in [1.82, 2.24) is 20.4 Å². The van der Waals surface area contributed by atoms with Crippen LogP contribution < -0.4 is 10.6 Å². The largest absolute Gasteiger partial charge is 0.348 e. The SMILES string of the molecule is Cc1cc(C(=O)NC(C)C2CCCNC2)n(C)n1. The molecule has 0 saturated carbocycles. The normalized spacial score (nSPS) is 21.6. The number of amides is 1. The molecule has 0 spiro atoms. The Kier molecular flexibility index (Phi) is 4.01. The first-order valence-corrected chi connectivity index (χ1v) is 6.60. The zero-order chi connectivity index (χ0) is 13.1. The van der Waals surface area contributed by atoms with Crippen LogP contribution in [0, 0.1) is 12.8 Å².